The minimum atomic E-state index is 0.161. The van der Waals surface area contributed by atoms with Crippen molar-refractivity contribution >= 4 is 0 Å². The summed E-state index contributed by atoms with van der Waals surface area (Å²) in [5.41, 5.74) is 0.161. The second-order valence-corrected chi connectivity index (χ2v) is 2.71. The number of hydrogen-bond donors (Lipinski definition) is 0. The Balaban J connectivity index is 3.99. The van der Waals surface area contributed by atoms with Gasteiger partial charge in [-0.1, -0.05) is 25.3 Å². The fourth-order valence-electron chi connectivity index (χ4n) is 0.335. The zero-order valence-electron chi connectivity index (χ0n) is 6.49. The van der Waals surface area contributed by atoms with Crippen molar-refractivity contribution in [2.45, 2.75) is 27.2 Å². The van der Waals surface area contributed by atoms with Gasteiger partial charge in [-0.25, -0.2) is 0 Å². The highest BCUT2D eigenvalue weighted by molar-refractivity contribution is 5.17. The molecular weight excluding hydrogens is 108 g/mol. The molecule has 0 saturated carbocycles. The van der Waals surface area contributed by atoms with E-state index in [4.69, 9.17) is 0 Å². The molecule has 0 aliphatic rings. The van der Waals surface area contributed by atoms with E-state index in [0.717, 1.165) is 6.42 Å². The minimum absolute atomic E-state index is 0.161. The first-order chi connectivity index (χ1) is 4.12. The highest BCUT2D eigenvalue weighted by atomic mass is 14.1. The van der Waals surface area contributed by atoms with Crippen molar-refractivity contribution in [1.82, 2.24) is 0 Å². The van der Waals surface area contributed by atoms with Crippen LogP contribution in [0.4, 0.5) is 0 Å². The Morgan fingerprint density at radius 2 is 2.11 bits per heavy atom. The molecule has 0 aromatic carbocycles. The van der Waals surface area contributed by atoms with Gasteiger partial charge in [0.25, 0.3) is 0 Å². The third-order valence-corrected chi connectivity index (χ3v) is 1.40. The summed E-state index contributed by atoms with van der Waals surface area (Å²) in [6.07, 6.45) is 2.73. The maximum absolute atomic E-state index is 3.52. The average molecular weight is 122 g/mol. The Hall–Kier alpha value is -0.700. The molecule has 0 aromatic heterocycles. The van der Waals surface area contributed by atoms with E-state index in [0.29, 0.717) is 0 Å². The summed E-state index contributed by atoms with van der Waals surface area (Å²) in [5, 5.41) is 0. The van der Waals surface area contributed by atoms with E-state index in [-0.39, 0.29) is 5.41 Å². The molecule has 0 heterocycles. The van der Waals surface area contributed by atoms with Gasteiger partial charge in [0.2, 0.25) is 0 Å². The molecule has 0 aromatic rings. The third-order valence-electron chi connectivity index (χ3n) is 1.40. The first kappa shape index (κ1) is 8.30. The Morgan fingerprint density at radius 1 is 1.56 bits per heavy atom. The molecule has 0 aliphatic heterocycles. The predicted octanol–water partition coefficient (Wildman–Crippen LogP) is 2.61. The van der Waals surface area contributed by atoms with E-state index in [9.17, 15) is 0 Å². The smallest absolute Gasteiger partial charge is 0.0259 e. The minimum Gasteiger partial charge on any atom is -0.0923 e. The molecule has 0 aliphatic carbocycles. The Morgan fingerprint density at radius 3 is 2.44 bits per heavy atom. The molecule has 0 fully saturated rings. The van der Waals surface area contributed by atoms with Crippen LogP contribution in [0.2, 0.25) is 0 Å². The highest BCUT2D eigenvalue weighted by Crippen LogP contribution is 2.16. The van der Waals surface area contributed by atoms with Gasteiger partial charge in [-0.3, -0.25) is 0 Å². The van der Waals surface area contributed by atoms with E-state index >= 15 is 0 Å². The summed E-state index contributed by atoms with van der Waals surface area (Å²) in [6.45, 7) is 9.92. The molecule has 0 atom stereocenters. The van der Waals surface area contributed by atoms with Crippen LogP contribution in [0.15, 0.2) is 12.7 Å². The lowest BCUT2D eigenvalue weighted by molar-refractivity contribution is 0.485. The Labute approximate surface area is 58.0 Å². The molecule has 0 nitrogen and oxygen atoms in total. The van der Waals surface area contributed by atoms with Crippen molar-refractivity contribution in [3.63, 3.8) is 0 Å². The van der Waals surface area contributed by atoms with Crippen LogP contribution in [0.5, 0.6) is 0 Å². The summed E-state index contributed by atoms with van der Waals surface area (Å²) >= 11 is 0. The van der Waals surface area contributed by atoms with Gasteiger partial charge in [0, 0.05) is 5.41 Å². The normalized spacial score (nSPS) is 9.67. The second-order valence-electron chi connectivity index (χ2n) is 2.71. The summed E-state index contributed by atoms with van der Waals surface area (Å²) in [5.74, 6) is 5.94. The van der Waals surface area contributed by atoms with Gasteiger partial charge in [0.05, 0.1) is 0 Å². The predicted molar refractivity (Wildman–Crippen MR) is 42.0 cm³/mol. The molecular formula is C9H14. The van der Waals surface area contributed by atoms with Crippen molar-refractivity contribution in [2.24, 2.45) is 5.41 Å². The maximum atomic E-state index is 3.52. The molecule has 0 heteroatoms. The Kier molecular flexibility index (Phi) is 3.09. The maximum Gasteiger partial charge on any atom is 0.0259 e. The SMILES string of the molecule is C=CC#CC(C)(C)CC. The van der Waals surface area contributed by atoms with Crippen LogP contribution >= 0.6 is 0 Å². The topological polar surface area (TPSA) is 0 Å². The van der Waals surface area contributed by atoms with Crippen molar-refractivity contribution < 1.29 is 0 Å². The molecule has 0 unspecified atom stereocenters. The zero-order chi connectivity index (χ0) is 7.33. The van der Waals surface area contributed by atoms with Gasteiger partial charge in [-0.2, -0.15) is 0 Å². The summed E-state index contributed by atoms with van der Waals surface area (Å²) in [7, 11) is 0. The van der Waals surface area contributed by atoms with E-state index < -0.39 is 0 Å². The standard InChI is InChI=1S/C9H14/c1-5-7-8-9(3,4)6-2/h5H,1,6H2,2-4H3. The fraction of sp³-hybridized carbons (Fsp3) is 0.556. The monoisotopic (exact) mass is 122 g/mol. The van der Waals surface area contributed by atoms with Crippen molar-refractivity contribution in [1.29, 1.82) is 0 Å². The van der Waals surface area contributed by atoms with E-state index in [1.165, 1.54) is 0 Å². The third kappa shape index (κ3) is 3.85. The molecule has 0 bridgehead atoms. The van der Waals surface area contributed by atoms with Crippen molar-refractivity contribution in [2.75, 3.05) is 0 Å². The molecule has 0 N–H and O–H groups in total. The van der Waals surface area contributed by atoms with Gasteiger partial charge < -0.3 is 0 Å². The van der Waals surface area contributed by atoms with Crippen LogP contribution in [0.3, 0.4) is 0 Å². The van der Waals surface area contributed by atoms with Gasteiger partial charge >= 0.3 is 0 Å². The average Bonchev–Trinajstić information content (AvgIpc) is 1.84. The van der Waals surface area contributed by atoms with Gasteiger partial charge in [-0.05, 0) is 26.3 Å². The van der Waals surface area contributed by atoms with Crippen LogP contribution in [-0.4, -0.2) is 0 Å². The number of rotatable bonds is 1. The molecule has 0 saturated heterocycles. The molecule has 0 spiro atoms. The molecule has 50 valence electrons. The van der Waals surface area contributed by atoms with E-state index in [1.807, 2.05) is 0 Å². The molecule has 0 rings (SSSR count). The van der Waals surface area contributed by atoms with Gasteiger partial charge in [-0.15, -0.1) is 0 Å². The highest BCUT2D eigenvalue weighted by Gasteiger charge is 2.08. The van der Waals surface area contributed by atoms with Crippen LogP contribution in [0.25, 0.3) is 0 Å². The van der Waals surface area contributed by atoms with Crippen LogP contribution in [0, 0.1) is 17.3 Å². The quantitative estimate of drug-likeness (QED) is 0.469. The van der Waals surface area contributed by atoms with Gasteiger partial charge in [0.15, 0.2) is 0 Å². The lowest BCUT2D eigenvalue weighted by Crippen LogP contribution is -2.04. The summed E-state index contributed by atoms with van der Waals surface area (Å²) in [6, 6.07) is 0. The Bertz CT molecular complexity index is 141. The first-order valence-corrected chi connectivity index (χ1v) is 3.26. The van der Waals surface area contributed by atoms with Crippen molar-refractivity contribution in [3.8, 4) is 11.8 Å². The zero-order valence-corrected chi connectivity index (χ0v) is 6.49. The second kappa shape index (κ2) is 3.35. The molecule has 0 amide bonds. The number of hydrogen-bond acceptors (Lipinski definition) is 0. The fourth-order valence-corrected chi connectivity index (χ4v) is 0.335. The lowest BCUT2D eigenvalue weighted by Gasteiger charge is -2.12. The van der Waals surface area contributed by atoms with E-state index in [2.05, 4.69) is 39.2 Å². The number of allylic oxidation sites excluding steroid dienone is 1. The molecule has 9 heavy (non-hydrogen) atoms. The molecule has 0 radical (unpaired) electrons. The summed E-state index contributed by atoms with van der Waals surface area (Å²) in [4.78, 5) is 0. The lowest BCUT2D eigenvalue weighted by atomic mass is 9.91. The largest absolute Gasteiger partial charge is 0.0923 e. The van der Waals surface area contributed by atoms with Gasteiger partial charge in [0.1, 0.15) is 0 Å². The van der Waals surface area contributed by atoms with Crippen LogP contribution in [-0.2, 0) is 0 Å². The van der Waals surface area contributed by atoms with Crippen LogP contribution < -0.4 is 0 Å². The van der Waals surface area contributed by atoms with E-state index in [1.54, 1.807) is 6.08 Å². The van der Waals surface area contributed by atoms with Crippen LogP contribution in [0.1, 0.15) is 27.2 Å². The summed E-state index contributed by atoms with van der Waals surface area (Å²) < 4.78 is 0. The first-order valence-electron chi connectivity index (χ1n) is 3.26. The van der Waals surface area contributed by atoms with Crippen molar-refractivity contribution in [3.05, 3.63) is 12.7 Å².